The smallest absolute Gasteiger partial charge is 0.322 e. The minimum Gasteiger partial charge on any atom is -0.331 e. The second-order valence-electron chi connectivity index (χ2n) is 6.28. The van der Waals surface area contributed by atoms with Gasteiger partial charge in [-0.1, -0.05) is 18.2 Å². The fraction of sp³-hybridized carbons (Fsp3) is 0.167. The quantitative estimate of drug-likeness (QED) is 0.820. The number of nitrogens with one attached hydrogen (secondary N) is 2. The number of fused-ring (bicyclic) bond motifs is 1. The molecule has 0 saturated carbocycles. The van der Waals surface area contributed by atoms with Crippen molar-refractivity contribution in [2.75, 3.05) is 6.54 Å². The number of hydrogen-bond donors (Lipinski definition) is 2. The summed E-state index contributed by atoms with van der Waals surface area (Å²) < 4.78 is 26.7. The molecule has 2 N–H and O–H groups in total. The molecule has 26 heavy (non-hydrogen) atoms. The number of nitrogens with zero attached hydrogens (tertiary/aromatic N) is 1. The molecule has 4 amide bonds. The average Bonchev–Trinajstić information content (AvgIpc) is 3.06. The Balaban J connectivity index is 1.71. The summed E-state index contributed by atoms with van der Waals surface area (Å²) >= 11 is 0. The zero-order chi connectivity index (χ0) is 18.5. The topological polar surface area (TPSA) is 78.5 Å². The first-order chi connectivity index (χ1) is 12.4. The maximum Gasteiger partial charge on any atom is 0.322 e. The number of imide groups is 1. The van der Waals surface area contributed by atoms with Gasteiger partial charge in [0.05, 0.1) is 6.54 Å². The molecule has 0 aliphatic carbocycles. The molecule has 2 heterocycles. The van der Waals surface area contributed by atoms with Crippen molar-refractivity contribution in [2.45, 2.75) is 12.1 Å². The van der Waals surface area contributed by atoms with Crippen molar-refractivity contribution in [3.05, 3.63) is 70.8 Å². The van der Waals surface area contributed by atoms with Gasteiger partial charge in [-0.3, -0.25) is 14.9 Å². The molecule has 1 fully saturated rings. The van der Waals surface area contributed by atoms with E-state index in [9.17, 15) is 23.2 Å². The minimum absolute atomic E-state index is 0.161. The van der Waals surface area contributed by atoms with E-state index < -0.39 is 35.0 Å². The van der Waals surface area contributed by atoms with Gasteiger partial charge in [0.25, 0.3) is 11.8 Å². The van der Waals surface area contributed by atoms with E-state index in [1.54, 1.807) is 0 Å². The van der Waals surface area contributed by atoms with E-state index in [1.165, 1.54) is 41.3 Å². The van der Waals surface area contributed by atoms with Gasteiger partial charge in [-0.25, -0.2) is 13.6 Å². The zero-order valence-corrected chi connectivity index (χ0v) is 13.4. The Morgan fingerprint density at radius 3 is 2.35 bits per heavy atom. The summed E-state index contributed by atoms with van der Waals surface area (Å²) in [5, 5.41) is 4.71. The summed E-state index contributed by atoms with van der Waals surface area (Å²) in [7, 11) is 0. The molecular formula is C18H13F2N3O3. The van der Waals surface area contributed by atoms with Crippen LogP contribution in [-0.2, 0) is 16.9 Å². The second kappa shape index (κ2) is 5.62. The predicted octanol–water partition coefficient (Wildman–Crippen LogP) is 1.66. The first-order valence-corrected chi connectivity index (χ1v) is 7.86. The van der Waals surface area contributed by atoms with E-state index in [0.717, 1.165) is 6.07 Å². The van der Waals surface area contributed by atoms with E-state index in [-0.39, 0.29) is 18.7 Å². The van der Waals surface area contributed by atoms with Crippen LogP contribution in [0, 0.1) is 11.6 Å². The van der Waals surface area contributed by atoms with Crippen LogP contribution in [0.5, 0.6) is 0 Å². The van der Waals surface area contributed by atoms with Crippen molar-refractivity contribution in [1.82, 2.24) is 15.5 Å². The lowest BCUT2D eigenvalue weighted by atomic mass is 9.89. The van der Waals surface area contributed by atoms with E-state index in [0.29, 0.717) is 11.1 Å². The maximum absolute atomic E-state index is 13.4. The highest BCUT2D eigenvalue weighted by Gasteiger charge is 2.50. The number of rotatable bonds is 3. The highest BCUT2D eigenvalue weighted by atomic mass is 19.1. The third-order valence-corrected chi connectivity index (χ3v) is 4.66. The molecule has 0 unspecified atom stereocenters. The summed E-state index contributed by atoms with van der Waals surface area (Å²) in [5.41, 5.74) is -0.335. The van der Waals surface area contributed by atoms with E-state index in [4.69, 9.17) is 0 Å². The van der Waals surface area contributed by atoms with Crippen molar-refractivity contribution in [3.63, 3.8) is 0 Å². The van der Waals surface area contributed by atoms with Crippen LogP contribution in [0.1, 0.15) is 21.5 Å². The van der Waals surface area contributed by atoms with Gasteiger partial charge in [0.15, 0.2) is 5.54 Å². The summed E-state index contributed by atoms with van der Waals surface area (Å²) in [6.45, 7) is 0.0197. The van der Waals surface area contributed by atoms with Gasteiger partial charge in [0, 0.05) is 12.1 Å². The van der Waals surface area contributed by atoms with Crippen LogP contribution in [-0.4, -0.2) is 29.3 Å². The number of carbonyl (C=O) groups is 3. The molecule has 2 aromatic rings. The number of carbonyl (C=O) groups excluding carboxylic acids is 3. The molecular weight excluding hydrogens is 344 g/mol. The first-order valence-electron chi connectivity index (χ1n) is 7.86. The van der Waals surface area contributed by atoms with Gasteiger partial charge >= 0.3 is 6.03 Å². The number of hydrogen-bond acceptors (Lipinski definition) is 3. The number of benzene rings is 2. The molecule has 0 radical (unpaired) electrons. The maximum atomic E-state index is 13.4. The summed E-state index contributed by atoms with van der Waals surface area (Å²) in [4.78, 5) is 38.3. The van der Waals surface area contributed by atoms with Crippen LogP contribution in [0.3, 0.4) is 0 Å². The Bertz CT molecular complexity index is 945. The van der Waals surface area contributed by atoms with Crippen molar-refractivity contribution in [1.29, 1.82) is 0 Å². The minimum atomic E-state index is -1.54. The van der Waals surface area contributed by atoms with E-state index in [1.807, 2.05) is 0 Å². The molecule has 0 aromatic heterocycles. The standard InChI is InChI=1S/C18H13F2N3O3/c19-12-5-2-11(3-6-12)18(16(25)21-17(26)22-18)9-23-8-10-1-4-13(20)7-14(10)15(23)24/h1-7H,8-9H2,(H2,21,22,25,26)/t18-/m0/s1. The van der Waals surface area contributed by atoms with Gasteiger partial charge in [-0.15, -0.1) is 0 Å². The zero-order valence-electron chi connectivity index (χ0n) is 13.4. The summed E-state index contributed by atoms with van der Waals surface area (Å²) in [6, 6.07) is 8.33. The third kappa shape index (κ3) is 2.42. The second-order valence-corrected chi connectivity index (χ2v) is 6.28. The van der Waals surface area contributed by atoms with Crippen LogP contribution in [0.15, 0.2) is 42.5 Å². The fourth-order valence-corrected chi connectivity index (χ4v) is 3.38. The summed E-state index contributed by atoms with van der Waals surface area (Å²) in [6.07, 6.45) is 0. The molecule has 2 aliphatic heterocycles. The van der Waals surface area contributed by atoms with Crippen molar-refractivity contribution in [2.24, 2.45) is 0 Å². The van der Waals surface area contributed by atoms with Crippen LogP contribution in [0.4, 0.5) is 13.6 Å². The monoisotopic (exact) mass is 357 g/mol. The lowest BCUT2D eigenvalue weighted by molar-refractivity contribution is -0.124. The highest BCUT2D eigenvalue weighted by Crippen LogP contribution is 2.31. The van der Waals surface area contributed by atoms with Crippen molar-refractivity contribution >= 4 is 17.8 Å². The normalized spacial score (nSPS) is 21.6. The summed E-state index contributed by atoms with van der Waals surface area (Å²) in [5.74, 6) is -2.09. The van der Waals surface area contributed by atoms with Crippen molar-refractivity contribution < 1.29 is 23.2 Å². The molecule has 4 rings (SSSR count). The van der Waals surface area contributed by atoms with E-state index >= 15 is 0 Å². The Labute approximate surface area is 146 Å². The Kier molecular flexibility index (Phi) is 3.50. The molecule has 0 spiro atoms. The molecule has 0 bridgehead atoms. The Morgan fingerprint density at radius 1 is 1.00 bits per heavy atom. The van der Waals surface area contributed by atoms with Gasteiger partial charge in [0.1, 0.15) is 11.6 Å². The molecule has 1 atom stereocenters. The van der Waals surface area contributed by atoms with Crippen LogP contribution < -0.4 is 10.6 Å². The SMILES string of the molecule is O=C1NC(=O)[C@](CN2Cc3ccc(F)cc3C2=O)(c2ccc(F)cc2)N1. The number of urea groups is 1. The first kappa shape index (κ1) is 16.2. The molecule has 8 heteroatoms. The fourth-order valence-electron chi connectivity index (χ4n) is 3.38. The lowest BCUT2D eigenvalue weighted by Crippen LogP contribution is -2.52. The van der Waals surface area contributed by atoms with Crippen LogP contribution in [0.2, 0.25) is 0 Å². The van der Waals surface area contributed by atoms with Gasteiger partial charge < -0.3 is 10.2 Å². The van der Waals surface area contributed by atoms with Crippen molar-refractivity contribution in [3.8, 4) is 0 Å². The molecule has 1 saturated heterocycles. The molecule has 2 aromatic carbocycles. The predicted molar refractivity (Wildman–Crippen MR) is 85.9 cm³/mol. The van der Waals surface area contributed by atoms with Gasteiger partial charge in [-0.2, -0.15) is 0 Å². The van der Waals surface area contributed by atoms with Crippen LogP contribution >= 0.6 is 0 Å². The molecule has 132 valence electrons. The van der Waals surface area contributed by atoms with Gasteiger partial charge in [-0.05, 0) is 35.4 Å². The molecule has 6 nitrogen and oxygen atoms in total. The largest absolute Gasteiger partial charge is 0.331 e. The Hall–Kier alpha value is -3.29. The Morgan fingerprint density at radius 2 is 1.69 bits per heavy atom. The highest BCUT2D eigenvalue weighted by molar-refractivity contribution is 6.08. The van der Waals surface area contributed by atoms with Gasteiger partial charge in [0.2, 0.25) is 0 Å². The number of amides is 4. The third-order valence-electron chi connectivity index (χ3n) is 4.66. The van der Waals surface area contributed by atoms with E-state index in [2.05, 4.69) is 10.6 Å². The molecule has 2 aliphatic rings. The van der Waals surface area contributed by atoms with Crippen LogP contribution in [0.25, 0.3) is 0 Å². The lowest BCUT2D eigenvalue weighted by Gasteiger charge is -2.31. The number of halogens is 2. The average molecular weight is 357 g/mol.